The van der Waals surface area contributed by atoms with Crippen molar-refractivity contribution in [3.63, 3.8) is 0 Å². The zero-order chi connectivity index (χ0) is 24.4. The van der Waals surface area contributed by atoms with Crippen LogP contribution in [0.4, 0.5) is 18.9 Å². The predicted octanol–water partition coefficient (Wildman–Crippen LogP) is 2.70. The number of carbonyl (C=O) groups excluding carboxylic acids is 1. The first-order valence-electron chi connectivity index (χ1n) is 10.3. The number of hydrogen-bond acceptors (Lipinski definition) is 5. The molecule has 33 heavy (non-hydrogen) atoms. The number of anilines is 1. The Hall–Kier alpha value is -2.63. The molecule has 1 aliphatic heterocycles. The van der Waals surface area contributed by atoms with Crippen LogP contribution in [0.1, 0.15) is 16.7 Å². The van der Waals surface area contributed by atoms with Crippen LogP contribution < -0.4 is 10.0 Å². The van der Waals surface area contributed by atoms with E-state index >= 15 is 0 Å². The molecule has 1 aliphatic rings. The number of sulfonamides is 1. The molecule has 1 atom stereocenters. The molecule has 1 amide bonds. The molecule has 1 saturated heterocycles. The van der Waals surface area contributed by atoms with Crippen molar-refractivity contribution in [1.29, 1.82) is 0 Å². The van der Waals surface area contributed by atoms with Crippen molar-refractivity contribution in [3.8, 4) is 0 Å². The normalized spacial score (nSPS) is 17.2. The summed E-state index contributed by atoms with van der Waals surface area (Å²) in [7, 11) is -4.35. The minimum Gasteiger partial charge on any atom is -0.373 e. The van der Waals surface area contributed by atoms with Crippen LogP contribution in [-0.4, -0.2) is 58.1 Å². The number of morpholine rings is 1. The fraction of sp³-hybridized carbons (Fsp3) is 0.409. The Bertz CT molecular complexity index is 1100. The van der Waals surface area contributed by atoms with Gasteiger partial charge in [0.2, 0.25) is 5.91 Å². The Balaban J connectivity index is 2.06. The van der Waals surface area contributed by atoms with E-state index < -0.39 is 34.2 Å². The molecule has 0 aliphatic carbocycles. The average molecular weight is 486 g/mol. The van der Waals surface area contributed by atoms with Crippen LogP contribution in [0.25, 0.3) is 0 Å². The Morgan fingerprint density at radius 1 is 1.18 bits per heavy atom. The molecule has 1 unspecified atom stereocenters. The van der Waals surface area contributed by atoms with E-state index in [1.54, 1.807) is 19.1 Å². The van der Waals surface area contributed by atoms with Crippen LogP contribution in [0.15, 0.2) is 47.4 Å². The van der Waals surface area contributed by atoms with Crippen molar-refractivity contribution in [2.75, 3.05) is 37.1 Å². The van der Waals surface area contributed by atoms with E-state index in [0.717, 1.165) is 22.0 Å². The van der Waals surface area contributed by atoms with Gasteiger partial charge in [-0.05, 0) is 43.7 Å². The van der Waals surface area contributed by atoms with Gasteiger partial charge in [-0.1, -0.05) is 23.8 Å². The van der Waals surface area contributed by atoms with Crippen LogP contribution in [0, 0.1) is 13.8 Å². The Morgan fingerprint density at radius 2 is 1.85 bits per heavy atom. The number of benzene rings is 2. The quantitative estimate of drug-likeness (QED) is 0.679. The highest BCUT2D eigenvalue weighted by Gasteiger charge is 2.35. The van der Waals surface area contributed by atoms with Crippen molar-refractivity contribution in [3.05, 3.63) is 59.2 Å². The molecular weight excluding hydrogens is 459 g/mol. The molecular formula is C22H26F3N3O4S. The molecule has 7 nitrogen and oxygen atoms in total. The smallest absolute Gasteiger partial charge is 0.373 e. The average Bonchev–Trinajstić information content (AvgIpc) is 2.77. The highest BCUT2D eigenvalue weighted by atomic mass is 32.2. The van der Waals surface area contributed by atoms with E-state index in [2.05, 4.69) is 0 Å². The second-order valence-electron chi connectivity index (χ2n) is 7.89. The Morgan fingerprint density at radius 3 is 2.45 bits per heavy atom. The number of alkyl halides is 3. The highest BCUT2D eigenvalue weighted by Crippen LogP contribution is 2.35. The van der Waals surface area contributed by atoms with E-state index in [0.29, 0.717) is 0 Å². The van der Waals surface area contributed by atoms with E-state index in [1.807, 2.05) is 0 Å². The topological polar surface area (TPSA) is 92.9 Å². The number of nitrogens with zero attached hydrogens (tertiary/aromatic N) is 2. The fourth-order valence-corrected chi connectivity index (χ4v) is 4.97. The first-order chi connectivity index (χ1) is 15.4. The van der Waals surface area contributed by atoms with E-state index in [9.17, 15) is 26.4 Å². The van der Waals surface area contributed by atoms with Gasteiger partial charge in [-0.25, -0.2) is 8.42 Å². The number of rotatable bonds is 6. The third-order valence-electron chi connectivity index (χ3n) is 5.45. The van der Waals surface area contributed by atoms with E-state index in [-0.39, 0.29) is 48.5 Å². The molecule has 2 aromatic rings. The predicted molar refractivity (Wildman–Crippen MR) is 117 cm³/mol. The summed E-state index contributed by atoms with van der Waals surface area (Å²) in [6.07, 6.45) is -5.07. The number of carbonyl (C=O) groups is 1. The molecule has 2 N–H and O–H groups in total. The van der Waals surface area contributed by atoms with Gasteiger partial charge >= 0.3 is 6.18 Å². The molecule has 3 rings (SSSR count). The van der Waals surface area contributed by atoms with Gasteiger partial charge in [0.1, 0.15) is 6.54 Å². The summed E-state index contributed by atoms with van der Waals surface area (Å²) in [6.45, 7) is 3.45. The van der Waals surface area contributed by atoms with E-state index in [1.165, 1.54) is 30.0 Å². The fourth-order valence-electron chi connectivity index (χ4n) is 3.50. The SMILES string of the molecule is Cc1ccc(S(=O)(=O)N(CC(=O)N2CCOC(CN)C2)c2cc(C(F)(F)F)ccc2C)cc1. The summed E-state index contributed by atoms with van der Waals surface area (Å²) < 4.78 is 73.4. The number of aryl methyl sites for hydroxylation is 2. The standard InChI is InChI=1S/C22H26F3N3O4S/c1-15-3-7-19(8-4-15)33(30,31)28(14-21(29)27-9-10-32-18(12-26)13-27)20-11-17(22(23,24)25)6-5-16(20)2/h3-8,11,18H,9-10,12-14,26H2,1-2H3. The summed E-state index contributed by atoms with van der Waals surface area (Å²) >= 11 is 0. The first-order valence-corrected chi connectivity index (χ1v) is 11.7. The van der Waals surface area contributed by atoms with Gasteiger partial charge in [-0.2, -0.15) is 13.2 Å². The van der Waals surface area contributed by atoms with Gasteiger partial charge in [0.15, 0.2) is 0 Å². The Kier molecular flexibility index (Phi) is 7.35. The molecule has 0 saturated carbocycles. The summed E-state index contributed by atoms with van der Waals surface area (Å²) in [5, 5.41) is 0. The maximum absolute atomic E-state index is 13.5. The molecule has 0 bridgehead atoms. The van der Waals surface area contributed by atoms with Gasteiger partial charge in [0, 0.05) is 19.6 Å². The van der Waals surface area contributed by atoms with Crippen LogP contribution >= 0.6 is 0 Å². The van der Waals surface area contributed by atoms with E-state index in [4.69, 9.17) is 10.5 Å². The van der Waals surface area contributed by atoms with Gasteiger partial charge < -0.3 is 15.4 Å². The zero-order valence-electron chi connectivity index (χ0n) is 18.3. The summed E-state index contributed by atoms with van der Waals surface area (Å²) in [4.78, 5) is 14.4. The minimum atomic E-state index is -4.68. The molecule has 0 radical (unpaired) electrons. The van der Waals surface area contributed by atoms with Crippen LogP contribution in [0.5, 0.6) is 0 Å². The monoisotopic (exact) mass is 485 g/mol. The van der Waals surface area contributed by atoms with Crippen molar-refractivity contribution in [2.45, 2.75) is 31.0 Å². The maximum atomic E-state index is 13.5. The second kappa shape index (κ2) is 9.70. The van der Waals surface area contributed by atoms with Crippen LogP contribution in [-0.2, 0) is 25.7 Å². The number of nitrogens with two attached hydrogens (primary N) is 1. The largest absolute Gasteiger partial charge is 0.416 e. The lowest BCUT2D eigenvalue weighted by Gasteiger charge is -2.34. The lowest BCUT2D eigenvalue weighted by Crippen LogP contribution is -2.51. The lowest BCUT2D eigenvalue weighted by atomic mass is 10.1. The molecule has 2 aromatic carbocycles. The number of hydrogen-bond donors (Lipinski definition) is 1. The first kappa shape index (κ1) is 25.0. The molecule has 1 heterocycles. The number of halogens is 3. The minimum absolute atomic E-state index is 0.125. The molecule has 0 spiro atoms. The number of ether oxygens (including phenoxy) is 1. The van der Waals surface area contributed by atoms with Crippen molar-refractivity contribution in [2.24, 2.45) is 5.73 Å². The van der Waals surface area contributed by atoms with Crippen LogP contribution in [0.3, 0.4) is 0 Å². The zero-order valence-corrected chi connectivity index (χ0v) is 19.1. The molecule has 0 aromatic heterocycles. The summed E-state index contributed by atoms with van der Waals surface area (Å²) in [5.74, 6) is -0.552. The Labute approximate surface area is 191 Å². The van der Waals surface area contributed by atoms with Gasteiger partial charge in [0.05, 0.1) is 28.9 Å². The van der Waals surface area contributed by atoms with Gasteiger partial charge in [-0.3, -0.25) is 9.10 Å². The van der Waals surface area contributed by atoms with Gasteiger partial charge in [0.25, 0.3) is 10.0 Å². The van der Waals surface area contributed by atoms with Gasteiger partial charge in [-0.15, -0.1) is 0 Å². The highest BCUT2D eigenvalue weighted by molar-refractivity contribution is 7.92. The molecule has 1 fully saturated rings. The summed E-state index contributed by atoms with van der Waals surface area (Å²) in [6, 6.07) is 8.73. The van der Waals surface area contributed by atoms with Crippen molar-refractivity contribution in [1.82, 2.24) is 4.90 Å². The molecule has 11 heteroatoms. The third kappa shape index (κ3) is 5.66. The maximum Gasteiger partial charge on any atom is 0.416 e. The number of amides is 1. The lowest BCUT2D eigenvalue weighted by molar-refractivity contribution is -0.137. The third-order valence-corrected chi connectivity index (χ3v) is 7.22. The molecule has 180 valence electrons. The summed E-state index contributed by atoms with van der Waals surface area (Å²) in [5.41, 5.74) is 5.50. The van der Waals surface area contributed by atoms with Crippen LogP contribution in [0.2, 0.25) is 0 Å². The van der Waals surface area contributed by atoms with Crippen molar-refractivity contribution < 1.29 is 31.1 Å². The van der Waals surface area contributed by atoms with Crippen molar-refractivity contribution >= 4 is 21.6 Å². The second-order valence-corrected chi connectivity index (χ2v) is 9.75.